The zero-order valence-corrected chi connectivity index (χ0v) is 13.5. The zero-order chi connectivity index (χ0) is 16.0. The molecule has 0 radical (unpaired) electrons. The quantitative estimate of drug-likeness (QED) is 0.627. The van der Waals surface area contributed by atoms with Gasteiger partial charge in [-0.05, 0) is 20.3 Å². The van der Waals surface area contributed by atoms with Gasteiger partial charge in [0, 0.05) is 20.3 Å². The van der Waals surface area contributed by atoms with E-state index in [0.29, 0.717) is 17.5 Å². The molecule has 0 amide bonds. The van der Waals surface area contributed by atoms with Gasteiger partial charge in [0.2, 0.25) is 0 Å². The van der Waals surface area contributed by atoms with E-state index in [1.54, 1.807) is 27.1 Å². The van der Waals surface area contributed by atoms with Gasteiger partial charge in [-0.15, -0.1) is 0 Å². The minimum Gasteiger partial charge on any atom is -0.373 e. The normalized spacial score (nSPS) is 16.7. The molecule has 6 heteroatoms. The van der Waals surface area contributed by atoms with Crippen LogP contribution in [0, 0.1) is 6.92 Å². The fraction of sp³-hybridized carbons (Fsp3) is 0.667. The molecule has 0 N–H and O–H groups in total. The summed E-state index contributed by atoms with van der Waals surface area (Å²) >= 11 is 0. The highest BCUT2D eigenvalue weighted by molar-refractivity contribution is 5.59. The van der Waals surface area contributed by atoms with Crippen LogP contribution in [0.3, 0.4) is 0 Å². The van der Waals surface area contributed by atoms with Crippen LogP contribution in [0.1, 0.15) is 38.7 Å². The molecule has 21 heavy (non-hydrogen) atoms. The van der Waals surface area contributed by atoms with Crippen LogP contribution in [-0.2, 0) is 18.8 Å². The van der Waals surface area contributed by atoms with E-state index in [9.17, 15) is 9.59 Å². The molecule has 0 aliphatic carbocycles. The van der Waals surface area contributed by atoms with Crippen LogP contribution in [0.5, 0.6) is 0 Å². The Morgan fingerprint density at radius 2 is 1.95 bits per heavy atom. The van der Waals surface area contributed by atoms with E-state index in [2.05, 4.69) is 11.9 Å². The topological polar surface area (TPSA) is 68.9 Å². The van der Waals surface area contributed by atoms with Crippen molar-refractivity contribution in [2.75, 3.05) is 6.61 Å². The summed E-state index contributed by atoms with van der Waals surface area (Å²) in [5.74, 6) is 0.417. The molecule has 0 saturated carbocycles. The summed E-state index contributed by atoms with van der Waals surface area (Å²) in [6.07, 6.45) is 6.14. The molecular formula is C15H25N3O3. The monoisotopic (exact) mass is 295 g/mol. The lowest BCUT2D eigenvalue weighted by Crippen LogP contribution is -2.38. The summed E-state index contributed by atoms with van der Waals surface area (Å²) in [5.41, 5.74) is -0.178. The van der Waals surface area contributed by atoms with Crippen molar-refractivity contribution in [2.45, 2.75) is 46.1 Å². The SMILES string of the molecule is C/C=N\c1c(C)c(=O)n(C)c(=O)n1C.CCCCC1CO1. The van der Waals surface area contributed by atoms with E-state index < -0.39 is 0 Å². The summed E-state index contributed by atoms with van der Waals surface area (Å²) in [4.78, 5) is 27.0. The van der Waals surface area contributed by atoms with Crippen molar-refractivity contribution in [3.63, 3.8) is 0 Å². The van der Waals surface area contributed by atoms with Crippen LogP contribution < -0.4 is 11.2 Å². The largest absolute Gasteiger partial charge is 0.373 e. The Morgan fingerprint density at radius 3 is 2.43 bits per heavy atom. The number of epoxide rings is 1. The standard InChI is InChI=1S/C9H13N3O2.C6H12O/c1-5-10-7-6(2)8(13)12(4)9(14)11(7)3;1-2-3-4-6-5-7-6/h5H,1-4H3;6H,2-5H2,1H3/b10-5-;. The van der Waals surface area contributed by atoms with Gasteiger partial charge in [-0.1, -0.05) is 19.8 Å². The summed E-state index contributed by atoms with van der Waals surface area (Å²) in [6, 6.07) is 0. The molecule has 1 fully saturated rings. The van der Waals surface area contributed by atoms with E-state index in [4.69, 9.17) is 4.74 Å². The van der Waals surface area contributed by atoms with Gasteiger partial charge >= 0.3 is 5.69 Å². The van der Waals surface area contributed by atoms with E-state index in [1.807, 2.05) is 0 Å². The number of nitrogens with zero attached hydrogens (tertiary/aromatic N) is 3. The van der Waals surface area contributed by atoms with Crippen LogP contribution in [0.15, 0.2) is 14.6 Å². The zero-order valence-electron chi connectivity index (χ0n) is 13.5. The first kappa shape index (κ1) is 17.4. The number of ether oxygens (including phenoxy) is 1. The first-order valence-electron chi connectivity index (χ1n) is 7.30. The highest BCUT2D eigenvalue weighted by atomic mass is 16.6. The highest BCUT2D eigenvalue weighted by Crippen LogP contribution is 2.15. The maximum atomic E-state index is 11.5. The first-order valence-corrected chi connectivity index (χ1v) is 7.30. The highest BCUT2D eigenvalue weighted by Gasteiger charge is 2.20. The fourth-order valence-corrected chi connectivity index (χ4v) is 1.97. The predicted octanol–water partition coefficient (Wildman–Crippen LogP) is 1.69. The Bertz CT molecular complexity index is 573. The van der Waals surface area contributed by atoms with Crippen molar-refractivity contribution in [3.05, 3.63) is 26.4 Å². The second-order valence-electron chi connectivity index (χ2n) is 5.14. The maximum Gasteiger partial charge on any atom is 0.332 e. The number of aliphatic imine (C=N–C) groups is 1. The number of hydrogen-bond donors (Lipinski definition) is 0. The van der Waals surface area contributed by atoms with Gasteiger partial charge < -0.3 is 4.74 Å². The van der Waals surface area contributed by atoms with Gasteiger partial charge in [-0.3, -0.25) is 13.9 Å². The molecule has 0 spiro atoms. The van der Waals surface area contributed by atoms with Crippen molar-refractivity contribution < 1.29 is 4.74 Å². The average Bonchev–Trinajstić information content (AvgIpc) is 3.30. The molecular weight excluding hydrogens is 270 g/mol. The van der Waals surface area contributed by atoms with Crippen LogP contribution in [0.4, 0.5) is 5.82 Å². The average molecular weight is 295 g/mol. The molecule has 1 saturated heterocycles. The molecule has 2 rings (SSSR count). The lowest BCUT2D eigenvalue weighted by atomic mass is 10.2. The molecule has 0 aromatic carbocycles. The van der Waals surface area contributed by atoms with Crippen LogP contribution in [0.25, 0.3) is 0 Å². The fourth-order valence-electron chi connectivity index (χ4n) is 1.97. The lowest BCUT2D eigenvalue weighted by Gasteiger charge is -2.07. The third kappa shape index (κ3) is 4.67. The van der Waals surface area contributed by atoms with E-state index in [-0.39, 0.29) is 11.2 Å². The molecule has 1 atom stereocenters. The Labute approximate surface area is 125 Å². The van der Waals surface area contributed by atoms with Crippen LogP contribution >= 0.6 is 0 Å². The van der Waals surface area contributed by atoms with Crippen molar-refractivity contribution in [2.24, 2.45) is 19.1 Å². The summed E-state index contributed by atoms with van der Waals surface area (Å²) < 4.78 is 7.44. The van der Waals surface area contributed by atoms with Crippen LogP contribution in [0.2, 0.25) is 0 Å². The summed E-state index contributed by atoms with van der Waals surface area (Å²) in [5, 5.41) is 0. The molecule has 1 unspecified atom stereocenters. The van der Waals surface area contributed by atoms with Crippen molar-refractivity contribution in [1.29, 1.82) is 0 Å². The third-order valence-corrected chi connectivity index (χ3v) is 3.39. The molecule has 1 aliphatic heterocycles. The summed E-state index contributed by atoms with van der Waals surface area (Å²) in [6.45, 7) is 6.63. The van der Waals surface area contributed by atoms with Crippen molar-refractivity contribution in [3.8, 4) is 0 Å². The number of unbranched alkanes of at least 4 members (excludes halogenated alkanes) is 1. The molecule has 118 valence electrons. The minimum absolute atomic E-state index is 0.297. The Morgan fingerprint density at radius 1 is 1.33 bits per heavy atom. The Kier molecular flexibility index (Phi) is 6.55. The van der Waals surface area contributed by atoms with Gasteiger partial charge in [0.15, 0.2) is 0 Å². The third-order valence-electron chi connectivity index (χ3n) is 3.39. The van der Waals surface area contributed by atoms with Gasteiger partial charge in [0.1, 0.15) is 5.82 Å². The van der Waals surface area contributed by atoms with Gasteiger partial charge in [-0.25, -0.2) is 9.79 Å². The minimum atomic E-state index is -0.360. The molecule has 2 heterocycles. The lowest BCUT2D eigenvalue weighted by molar-refractivity contribution is 0.391. The van der Waals surface area contributed by atoms with E-state index in [1.165, 1.54) is 30.9 Å². The molecule has 0 bridgehead atoms. The number of rotatable bonds is 4. The number of hydrogen-bond acceptors (Lipinski definition) is 4. The van der Waals surface area contributed by atoms with Crippen molar-refractivity contribution >= 4 is 12.0 Å². The predicted molar refractivity (Wildman–Crippen MR) is 84.8 cm³/mol. The molecule has 1 aromatic heterocycles. The Hall–Kier alpha value is -1.69. The van der Waals surface area contributed by atoms with Gasteiger partial charge in [0.25, 0.3) is 5.56 Å². The second-order valence-corrected chi connectivity index (χ2v) is 5.14. The molecule has 1 aromatic rings. The smallest absolute Gasteiger partial charge is 0.332 e. The van der Waals surface area contributed by atoms with Gasteiger partial charge in [-0.2, -0.15) is 0 Å². The molecule has 6 nitrogen and oxygen atoms in total. The van der Waals surface area contributed by atoms with E-state index >= 15 is 0 Å². The van der Waals surface area contributed by atoms with Crippen molar-refractivity contribution in [1.82, 2.24) is 9.13 Å². The first-order chi connectivity index (χ1) is 9.93. The molecule has 1 aliphatic rings. The van der Waals surface area contributed by atoms with Gasteiger partial charge in [0.05, 0.1) is 18.3 Å². The maximum absolute atomic E-state index is 11.5. The number of aromatic nitrogens is 2. The summed E-state index contributed by atoms with van der Waals surface area (Å²) in [7, 11) is 3.05. The van der Waals surface area contributed by atoms with Crippen LogP contribution in [-0.4, -0.2) is 28.1 Å². The Balaban J connectivity index is 0.000000262. The second kappa shape index (κ2) is 7.93. The van der Waals surface area contributed by atoms with E-state index in [0.717, 1.165) is 11.2 Å².